The van der Waals surface area contributed by atoms with Crippen molar-refractivity contribution in [1.82, 2.24) is 14.6 Å². The molecule has 310 valence electrons. The number of nitrogens with two attached hydrogens (primary N) is 1. The van der Waals surface area contributed by atoms with Gasteiger partial charge in [0, 0.05) is 13.2 Å². The Morgan fingerprint density at radius 3 is 2.13 bits per heavy atom. The first-order valence-electron chi connectivity index (χ1n) is 21.1. The fraction of sp³-hybridized carbons (Fsp3) is 0.850. The molecule has 2 aromatic rings. The largest absolute Gasteiger partial charge is 0.472 e. The van der Waals surface area contributed by atoms with Crippen molar-refractivity contribution in [3.63, 3.8) is 0 Å². The fourth-order valence-corrected chi connectivity index (χ4v) is 8.54. The minimum Gasteiger partial charge on any atom is -0.387 e. The quantitative estimate of drug-likeness (QED) is 0.0462. The Balaban J connectivity index is 1.12. The third kappa shape index (κ3) is 14.7. The highest BCUT2D eigenvalue weighted by atomic mass is 31.2. The first-order valence-corrected chi connectivity index (χ1v) is 22.6. The first-order chi connectivity index (χ1) is 26.1. The number of aliphatic hydroxyl groups is 2. The highest BCUT2D eigenvalue weighted by Gasteiger charge is 2.54. The highest BCUT2D eigenvalue weighted by molar-refractivity contribution is 7.47. The lowest BCUT2D eigenvalue weighted by Gasteiger charge is -2.27. The second-order valence-corrected chi connectivity index (χ2v) is 17.2. The van der Waals surface area contributed by atoms with E-state index in [9.17, 15) is 19.7 Å². The van der Waals surface area contributed by atoms with Gasteiger partial charge in [0.2, 0.25) is 0 Å². The Morgan fingerprint density at radius 1 is 0.889 bits per heavy atom. The SMILES string of the molecule is CCCCCCCCCCCCCCCCCCOC[C@H](COP(=O)(O)OC[C@H]1O[C@@](C)(c2ccc3c(N)ncnn23)[C@H](O)[C@@H]1O)OCC1CCCCC1. The van der Waals surface area contributed by atoms with Crippen LogP contribution in [0.15, 0.2) is 18.5 Å². The van der Waals surface area contributed by atoms with Crippen LogP contribution in [0.4, 0.5) is 5.82 Å². The lowest BCUT2D eigenvalue weighted by molar-refractivity contribution is -0.0903. The maximum atomic E-state index is 13.0. The zero-order chi connectivity index (χ0) is 38.7. The molecule has 2 aromatic heterocycles. The highest BCUT2D eigenvalue weighted by Crippen LogP contribution is 2.46. The van der Waals surface area contributed by atoms with Gasteiger partial charge < -0.3 is 35.1 Å². The van der Waals surface area contributed by atoms with E-state index in [-0.39, 0.29) is 19.0 Å². The van der Waals surface area contributed by atoms with E-state index >= 15 is 0 Å². The third-order valence-electron chi connectivity index (χ3n) is 11.2. The topological polar surface area (TPSA) is 180 Å². The number of hydrogen-bond donors (Lipinski definition) is 4. The van der Waals surface area contributed by atoms with Gasteiger partial charge in [-0.2, -0.15) is 5.10 Å². The molecule has 2 fully saturated rings. The molecule has 1 aliphatic carbocycles. The van der Waals surface area contributed by atoms with Crippen LogP contribution in [-0.4, -0.2) is 87.2 Å². The van der Waals surface area contributed by atoms with Crippen LogP contribution in [0.25, 0.3) is 5.52 Å². The number of fused-ring (bicyclic) bond motifs is 1. The van der Waals surface area contributed by atoms with Crippen LogP contribution < -0.4 is 5.73 Å². The van der Waals surface area contributed by atoms with Crippen molar-refractivity contribution in [2.24, 2.45) is 5.92 Å². The van der Waals surface area contributed by atoms with Gasteiger partial charge in [-0.05, 0) is 44.2 Å². The number of rotatable bonds is 29. The fourth-order valence-electron chi connectivity index (χ4n) is 7.78. The van der Waals surface area contributed by atoms with Crippen LogP contribution in [0.2, 0.25) is 0 Å². The van der Waals surface area contributed by atoms with Gasteiger partial charge in [-0.15, -0.1) is 0 Å². The molecule has 0 spiro atoms. The second kappa shape index (κ2) is 24.2. The van der Waals surface area contributed by atoms with Crippen LogP contribution in [0.5, 0.6) is 0 Å². The minimum absolute atomic E-state index is 0.189. The average Bonchev–Trinajstić information content (AvgIpc) is 3.71. The molecule has 2 aliphatic rings. The van der Waals surface area contributed by atoms with Gasteiger partial charge in [0.25, 0.3) is 0 Å². The molecule has 0 radical (unpaired) electrons. The smallest absolute Gasteiger partial charge is 0.387 e. The molecule has 1 saturated heterocycles. The lowest BCUT2D eigenvalue weighted by Crippen LogP contribution is -2.39. The molecule has 1 unspecified atom stereocenters. The standard InChI is InChI=1S/C40H71N4O9P/c1-3-4-5-6-7-8-9-10-11-12-13-14-15-16-17-21-26-49-28-33(50-27-32-22-19-18-20-23-32)29-51-54(47,48)52-30-35-37(45)38(46)40(2,53-35)36-25-24-34-39(41)42-31-43-44(34)36/h24-25,31-33,35,37-38,45-46H,3-23,26-30H2,1-2H3,(H,47,48)(H2,41,42,43)/t33-,35-,37-,38-,40+/m1/s1. The number of hydrogen-bond acceptors (Lipinski definition) is 11. The van der Waals surface area contributed by atoms with Crippen molar-refractivity contribution in [2.75, 3.05) is 38.8 Å². The lowest BCUT2D eigenvalue weighted by atomic mass is 9.90. The molecule has 0 aromatic carbocycles. The summed E-state index contributed by atoms with van der Waals surface area (Å²) >= 11 is 0. The molecule has 5 N–H and O–H groups in total. The molecule has 54 heavy (non-hydrogen) atoms. The van der Waals surface area contributed by atoms with Crippen molar-refractivity contribution in [3.05, 3.63) is 24.2 Å². The summed E-state index contributed by atoms with van der Waals surface area (Å²) in [7, 11) is -4.58. The number of phosphoric ester groups is 1. The predicted octanol–water partition coefficient (Wildman–Crippen LogP) is 8.02. The first kappa shape index (κ1) is 45.0. The third-order valence-corrected chi connectivity index (χ3v) is 12.2. The van der Waals surface area contributed by atoms with Crippen molar-refractivity contribution in [1.29, 1.82) is 0 Å². The monoisotopic (exact) mass is 782 g/mol. The number of aromatic nitrogens is 3. The molecular weight excluding hydrogens is 711 g/mol. The number of nitrogen functional groups attached to an aromatic ring is 1. The molecule has 14 heteroatoms. The molecular formula is C40H71N4O9P. The summed E-state index contributed by atoms with van der Waals surface area (Å²) in [5.41, 5.74) is 5.49. The van der Waals surface area contributed by atoms with Gasteiger partial charge in [-0.3, -0.25) is 9.05 Å². The number of phosphoric acid groups is 1. The summed E-state index contributed by atoms with van der Waals surface area (Å²) in [6, 6.07) is 3.37. The van der Waals surface area contributed by atoms with E-state index in [0.29, 0.717) is 30.3 Å². The molecule has 1 saturated carbocycles. The van der Waals surface area contributed by atoms with Crippen LogP contribution >= 0.6 is 7.82 Å². The average molecular weight is 783 g/mol. The molecule has 3 heterocycles. The van der Waals surface area contributed by atoms with Crippen LogP contribution in [0, 0.1) is 5.92 Å². The van der Waals surface area contributed by atoms with Gasteiger partial charge in [-0.25, -0.2) is 14.1 Å². The van der Waals surface area contributed by atoms with Crippen molar-refractivity contribution < 1.29 is 42.9 Å². The number of aliphatic hydroxyl groups excluding tert-OH is 2. The maximum absolute atomic E-state index is 13.0. The van der Waals surface area contributed by atoms with Gasteiger partial charge in [0.15, 0.2) is 5.82 Å². The number of unbranched alkanes of at least 4 members (excludes halogenated alkanes) is 15. The van der Waals surface area contributed by atoms with Crippen molar-refractivity contribution in [3.8, 4) is 0 Å². The Hall–Kier alpha value is -1.67. The Labute approximate surface area is 323 Å². The zero-order valence-corrected chi connectivity index (χ0v) is 34.1. The summed E-state index contributed by atoms with van der Waals surface area (Å²) in [6.45, 7) is 4.59. The number of nitrogens with zero attached hydrogens (tertiary/aromatic N) is 3. The number of anilines is 1. The Bertz CT molecular complexity index is 1360. The zero-order valence-electron chi connectivity index (χ0n) is 33.2. The second-order valence-electron chi connectivity index (χ2n) is 15.8. The molecule has 6 atom stereocenters. The molecule has 0 bridgehead atoms. The Kier molecular flexibility index (Phi) is 20.2. The summed E-state index contributed by atoms with van der Waals surface area (Å²) in [6.07, 6.45) is 23.7. The summed E-state index contributed by atoms with van der Waals surface area (Å²) in [5, 5.41) is 26.0. The van der Waals surface area contributed by atoms with E-state index in [0.717, 1.165) is 25.7 Å². The van der Waals surface area contributed by atoms with Gasteiger partial charge in [0.05, 0.1) is 25.5 Å². The van der Waals surface area contributed by atoms with Crippen LogP contribution in [0.1, 0.15) is 154 Å². The van der Waals surface area contributed by atoms with Gasteiger partial charge >= 0.3 is 7.82 Å². The van der Waals surface area contributed by atoms with Gasteiger partial charge in [-0.1, -0.05) is 122 Å². The van der Waals surface area contributed by atoms with Crippen LogP contribution in [-0.2, 0) is 33.4 Å². The number of ether oxygens (including phenoxy) is 3. The Morgan fingerprint density at radius 2 is 1.50 bits per heavy atom. The van der Waals surface area contributed by atoms with Crippen LogP contribution in [0.3, 0.4) is 0 Å². The summed E-state index contributed by atoms with van der Waals surface area (Å²) in [4.78, 5) is 14.6. The van der Waals surface area contributed by atoms with E-state index in [1.165, 1.54) is 120 Å². The molecule has 4 rings (SSSR count). The van der Waals surface area contributed by atoms with E-state index in [2.05, 4.69) is 17.0 Å². The van der Waals surface area contributed by atoms with E-state index < -0.39 is 44.4 Å². The van der Waals surface area contributed by atoms with E-state index in [1.54, 1.807) is 19.1 Å². The molecule has 0 amide bonds. The summed E-state index contributed by atoms with van der Waals surface area (Å²) < 4.78 is 43.3. The normalized spacial score (nSPS) is 24.0. The summed E-state index contributed by atoms with van der Waals surface area (Å²) in [5.74, 6) is 0.707. The van der Waals surface area contributed by atoms with Gasteiger partial charge in [0.1, 0.15) is 41.9 Å². The molecule has 1 aliphatic heterocycles. The minimum atomic E-state index is -4.58. The predicted molar refractivity (Wildman–Crippen MR) is 210 cm³/mol. The van der Waals surface area contributed by atoms with Crippen molar-refractivity contribution >= 4 is 19.2 Å². The maximum Gasteiger partial charge on any atom is 0.472 e. The van der Waals surface area contributed by atoms with Crippen molar-refractivity contribution in [2.45, 2.75) is 179 Å². The van der Waals surface area contributed by atoms with E-state index in [1.807, 2.05) is 0 Å². The van der Waals surface area contributed by atoms with E-state index in [4.69, 9.17) is 29.0 Å². The molecule has 13 nitrogen and oxygen atoms in total.